The monoisotopic (exact) mass is 273 g/mol. The van der Waals surface area contributed by atoms with E-state index in [2.05, 4.69) is 5.32 Å². The van der Waals surface area contributed by atoms with Crippen LogP contribution in [0, 0.1) is 5.92 Å². The lowest BCUT2D eigenvalue weighted by Crippen LogP contribution is -2.20. The maximum absolute atomic E-state index is 12.1. The molecule has 0 aromatic heterocycles. The van der Waals surface area contributed by atoms with E-state index < -0.39 is 0 Å². The van der Waals surface area contributed by atoms with Gasteiger partial charge in [0.25, 0.3) is 0 Å². The molecule has 0 atom stereocenters. The summed E-state index contributed by atoms with van der Waals surface area (Å²) >= 11 is 0. The van der Waals surface area contributed by atoms with Crippen LogP contribution >= 0.6 is 0 Å². The van der Waals surface area contributed by atoms with Crippen LogP contribution in [0.15, 0.2) is 24.3 Å². The highest BCUT2D eigenvalue weighted by Crippen LogP contribution is 2.28. The molecule has 0 unspecified atom stereocenters. The van der Waals surface area contributed by atoms with Gasteiger partial charge in [0.05, 0.1) is 6.10 Å². The first kappa shape index (κ1) is 13.5. The Morgan fingerprint density at radius 1 is 1.05 bits per heavy atom. The maximum Gasteiger partial charge on any atom is 0.227 e. The van der Waals surface area contributed by atoms with Crippen molar-refractivity contribution < 1.29 is 9.53 Å². The fourth-order valence-electron chi connectivity index (χ4n) is 3.28. The second kappa shape index (κ2) is 6.29. The van der Waals surface area contributed by atoms with Crippen molar-refractivity contribution in [3.8, 4) is 5.75 Å². The molecule has 0 radical (unpaired) electrons. The Kier molecular flexibility index (Phi) is 4.24. The summed E-state index contributed by atoms with van der Waals surface area (Å²) in [6, 6.07) is 7.82. The molecule has 3 nitrogen and oxygen atoms in total. The minimum absolute atomic E-state index is 0.167. The fraction of sp³-hybridized carbons (Fsp3) is 0.588. The van der Waals surface area contributed by atoms with Crippen LogP contribution in [0.25, 0.3) is 0 Å². The number of amides is 1. The summed E-state index contributed by atoms with van der Waals surface area (Å²) in [6.07, 6.45) is 9.62. The van der Waals surface area contributed by atoms with Gasteiger partial charge in [-0.3, -0.25) is 4.79 Å². The highest BCUT2D eigenvalue weighted by atomic mass is 16.5. The van der Waals surface area contributed by atoms with Crippen molar-refractivity contribution in [2.45, 2.75) is 57.5 Å². The Bertz CT molecular complexity index is 460. The van der Waals surface area contributed by atoms with Crippen LogP contribution in [-0.4, -0.2) is 12.0 Å². The van der Waals surface area contributed by atoms with E-state index in [0.717, 1.165) is 37.1 Å². The molecular weight excluding hydrogens is 250 g/mol. The van der Waals surface area contributed by atoms with Gasteiger partial charge in [-0.1, -0.05) is 18.9 Å². The molecular formula is C17H23NO2. The van der Waals surface area contributed by atoms with Crippen LogP contribution in [0.1, 0.15) is 51.4 Å². The van der Waals surface area contributed by atoms with Crippen LogP contribution in [0.4, 0.5) is 5.69 Å². The standard InChI is InChI=1S/C17H23NO2/c19-17(13-6-1-2-7-13)18-14-8-5-11-16(12-14)20-15-9-3-4-10-15/h5,8,11-13,15H,1-4,6-7,9-10H2,(H,18,19). The number of ether oxygens (including phenoxy) is 1. The zero-order valence-corrected chi connectivity index (χ0v) is 11.9. The van der Waals surface area contributed by atoms with E-state index in [9.17, 15) is 4.79 Å². The molecule has 1 amide bonds. The molecule has 0 heterocycles. The van der Waals surface area contributed by atoms with Gasteiger partial charge < -0.3 is 10.1 Å². The van der Waals surface area contributed by atoms with E-state index in [1.807, 2.05) is 24.3 Å². The third-order valence-corrected chi connectivity index (χ3v) is 4.43. The van der Waals surface area contributed by atoms with Crippen molar-refractivity contribution >= 4 is 11.6 Å². The molecule has 1 aromatic rings. The molecule has 3 heteroatoms. The van der Waals surface area contributed by atoms with Crippen molar-refractivity contribution in [3.63, 3.8) is 0 Å². The lowest BCUT2D eigenvalue weighted by atomic mass is 10.1. The predicted molar refractivity (Wildman–Crippen MR) is 79.9 cm³/mol. The van der Waals surface area contributed by atoms with Crippen molar-refractivity contribution in [1.29, 1.82) is 0 Å². The summed E-state index contributed by atoms with van der Waals surface area (Å²) < 4.78 is 5.97. The zero-order chi connectivity index (χ0) is 13.8. The summed E-state index contributed by atoms with van der Waals surface area (Å²) in [4.78, 5) is 12.1. The maximum atomic E-state index is 12.1. The SMILES string of the molecule is O=C(Nc1cccc(OC2CCCC2)c1)C1CCCC1. The van der Waals surface area contributed by atoms with Gasteiger partial charge in [0.2, 0.25) is 5.91 Å². The van der Waals surface area contributed by atoms with Crippen LogP contribution in [-0.2, 0) is 4.79 Å². The molecule has 2 fully saturated rings. The molecule has 0 bridgehead atoms. The van der Waals surface area contributed by atoms with Crippen LogP contribution in [0.2, 0.25) is 0 Å². The number of hydrogen-bond acceptors (Lipinski definition) is 2. The molecule has 2 aliphatic rings. The molecule has 1 N–H and O–H groups in total. The smallest absolute Gasteiger partial charge is 0.227 e. The molecule has 0 saturated heterocycles. The van der Waals surface area contributed by atoms with Gasteiger partial charge in [-0.2, -0.15) is 0 Å². The normalized spacial score (nSPS) is 20.2. The lowest BCUT2D eigenvalue weighted by Gasteiger charge is -2.15. The van der Waals surface area contributed by atoms with Crippen molar-refractivity contribution in [3.05, 3.63) is 24.3 Å². The van der Waals surface area contributed by atoms with Crippen LogP contribution in [0.3, 0.4) is 0 Å². The molecule has 108 valence electrons. The van der Waals surface area contributed by atoms with E-state index in [1.54, 1.807) is 0 Å². The minimum Gasteiger partial charge on any atom is -0.490 e. The number of carbonyl (C=O) groups excluding carboxylic acids is 1. The quantitative estimate of drug-likeness (QED) is 0.895. The van der Waals surface area contributed by atoms with Gasteiger partial charge in [-0.15, -0.1) is 0 Å². The average Bonchev–Trinajstić information content (AvgIpc) is 3.12. The Labute approximate surface area is 120 Å². The van der Waals surface area contributed by atoms with Crippen molar-refractivity contribution in [1.82, 2.24) is 0 Å². The van der Waals surface area contributed by atoms with E-state index in [0.29, 0.717) is 6.10 Å². The second-order valence-electron chi connectivity index (χ2n) is 6.02. The number of nitrogens with one attached hydrogen (secondary N) is 1. The third-order valence-electron chi connectivity index (χ3n) is 4.43. The molecule has 1 aromatic carbocycles. The molecule has 2 aliphatic carbocycles. The second-order valence-corrected chi connectivity index (χ2v) is 6.02. The van der Waals surface area contributed by atoms with Gasteiger partial charge in [0.15, 0.2) is 0 Å². The Hall–Kier alpha value is -1.51. The summed E-state index contributed by atoms with van der Waals surface area (Å²) in [5, 5.41) is 3.03. The third kappa shape index (κ3) is 3.33. The van der Waals surface area contributed by atoms with E-state index in [4.69, 9.17) is 4.74 Å². The first-order valence-electron chi connectivity index (χ1n) is 7.89. The molecule has 3 rings (SSSR count). The number of benzene rings is 1. The summed E-state index contributed by atoms with van der Waals surface area (Å²) in [6.45, 7) is 0. The van der Waals surface area contributed by atoms with Gasteiger partial charge >= 0.3 is 0 Å². The largest absolute Gasteiger partial charge is 0.490 e. The lowest BCUT2D eigenvalue weighted by molar-refractivity contribution is -0.119. The summed E-state index contributed by atoms with van der Waals surface area (Å²) in [5.41, 5.74) is 0.859. The number of rotatable bonds is 4. The van der Waals surface area contributed by atoms with Crippen molar-refractivity contribution in [2.75, 3.05) is 5.32 Å². The van der Waals surface area contributed by atoms with Gasteiger partial charge in [-0.05, 0) is 50.7 Å². The molecule has 20 heavy (non-hydrogen) atoms. The van der Waals surface area contributed by atoms with E-state index in [-0.39, 0.29) is 11.8 Å². The molecule has 2 saturated carbocycles. The zero-order valence-electron chi connectivity index (χ0n) is 11.9. The topological polar surface area (TPSA) is 38.3 Å². The number of hydrogen-bond donors (Lipinski definition) is 1. The fourth-order valence-corrected chi connectivity index (χ4v) is 3.28. The van der Waals surface area contributed by atoms with Gasteiger partial charge in [0.1, 0.15) is 5.75 Å². The number of carbonyl (C=O) groups is 1. The highest BCUT2D eigenvalue weighted by Gasteiger charge is 2.22. The molecule has 0 aliphatic heterocycles. The minimum atomic E-state index is 0.167. The van der Waals surface area contributed by atoms with Crippen molar-refractivity contribution in [2.24, 2.45) is 5.92 Å². The predicted octanol–water partition coefficient (Wildman–Crippen LogP) is 4.14. The number of anilines is 1. The average molecular weight is 273 g/mol. The van der Waals surface area contributed by atoms with Gasteiger partial charge in [-0.25, -0.2) is 0 Å². The summed E-state index contributed by atoms with van der Waals surface area (Å²) in [5.74, 6) is 1.25. The van der Waals surface area contributed by atoms with Crippen LogP contribution < -0.4 is 10.1 Å². The van der Waals surface area contributed by atoms with E-state index >= 15 is 0 Å². The van der Waals surface area contributed by atoms with Crippen LogP contribution in [0.5, 0.6) is 5.75 Å². The Morgan fingerprint density at radius 3 is 2.50 bits per heavy atom. The summed E-state index contributed by atoms with van der Waals surface area (Å²) in [7, 11) is 0. The Balaban J connectivity index is 1.59. The highest BCUT2D eigenvalue weighted by molar-refractivity contribution is 5.92. The Morgan fingerprint density at radius 2 is 1.75 bits per heavy atom. The first-order valence-corrected chi connectivity index (χ1v) is 7.89. The molecule has 0 spiro atoms. The van der Waals surface area contributed by atoms with E-state index in [1.165, 1.54) is 25.7 Å². The van der Waals surface area contributed by atoms with Gasteiger partial charge in [0, 0.05) is 17.7 Å². The first-order chi connectivity index (χ1) is 9.81.